The van der Waals surface area contributed by atoms with Crippen molar-refractivity contribution in [2.45, 2.75) is 46.3 Å². The van der Waals surface area contributed by atoms with Crippen LogP contribution in [0.3, 0.4) is 0 Å². The summed E-state index contributed by atoms with van der Waals surface area (Å²) in [7, 11) is 0. The summed E-state index contributed by atoms with van der Waals surface area (Å²) in [6, 6.07) is 6.13. The van der Waals surface area contributed by atoms with Crippen LogP contribution in [0.2, 0.25) is 0 Å². The van der Waals surface area contributed by atoms with E-state index in [-0.39, 0.29) is 0 Å². The zero-order chi connectivity index (χ0) is 12.5. The topological polar surface area (TPSA) is 34.1 Å². The zero-order valence-corrected chi connectivity index (χ0v) is 11.2. The summed E-state index contributed by atoms with van der Waals surface area (Å²) in [5, 5.41) is 3.40. The highest BCUT2D eigenvalue weighted by atomic mass is 16.5. The summed E-state index contributed by atoms with van der Waals surface area (Å²) in [6.07, 6.45) is 2.62. The van der Waals surface area contributed by atoms with Gasteiger partial charge in [-0.3, -0.25) is 4.98 Å². The molecule has 0 unspecified atom stereocenters. The van der Waals surface area contributed by atoms with Crippen LogP contribution in [-0.2, 0) is 11.3 Å². The van der Waals surface area contributed by atoms with Crippen LogP contribution in [0.5, 0.6) is 0 Å². The van der Waals surface area contributed by atoms with Gasteiger partial charge in [0.15, 0.2) is 0 Å². The van der Waals surface area contributed by atoms with Gasteiger partial charge in [-0.2, -0.15) is 0 Å². The van der Waals surface area contributed by atoms with Crippen molar-refractivity contribution in [3.63, 3.8) is 0 Å². The molecule has 0 saturated heterocycles. The lowest BCUT2D eigenvalue weighted by Gasteiger charge is -2.07. The second-order valence-electron chi connectivity index (χ2n) is 4.57. The van der Waals surface area contributed by atoms with Gasteiger partial charge in [-0.05, 0) is 52.3 Å². The molecule has 0 atom stereocenters. The predicted octanol–water partition coefficient (Wildman–Crippen LogP) is 2.68. The van der Waals surface area contributed by atoms with Crippen molar-refractivity contribution in [2.24, 2.45) is 0 Å². The number of hydrogen-bond acceptors (Lipinski definition) is 3. The SMILES string of the molecule is Cc1cccc(CNCCCCOC(C)C)n1. The lowest BCUT2D eigenvalue weighted by atomic mass is 10.3. The van der Waals surface area contributed by atoms with E-state index < -0.39 is 0 Å². The van der Waals surface area contributed by atoms with Crippen LogP contribution in [0.25, 0.3) is 0 Å². The summed E-state index contributed by atoms with van der Waals surface area (Å²) in [6.45, 7) is 8.90. The number of ether oxygens (including phenoxy) is 1. The minimum absolute atomic E-state index is 0.347. The molecular weight excluding hydrogens is 212 g/mol. The first kappa shape index (κ1) is 14.1. The smallest absolute Gasteiger partial charge is 0.0544 e. The molecule has 0 aliphatic heterocycles. The van der Waals surface area contributed by atoms with Crippen molar-refractivity contribution in [2.75, 3.05) is 13.2 Å². The van der Waals surface area contributed by atoms with Crippen LogP contribution >= 0.6 is 0 Å². The fourth-order valence-corrected chi connectivity index (χ4v) is 1.59. The van der Waals surface area contributed by atoms with E-state index >= 15 is 0 Å². The zero-order valence-electron chi connectivity index (χ0n) is 11.2. The molecule has 0 fully saturated rings. The Morgan fingerprint density at radius 3 is 2.82 bits per heavy atom. The van der Waals surface area contributed by atoms with Gasteiger partial charge in [-0.25, -0.2) is 0 Å². The molecule has 1 heterocycles. The minimum atomic E-state index is 0.347. The first-order valence-electron chi connectivity index (χ1n) is 6.43. The third-order valence-corrected chi connectivity index (χ3v) is 2.45. The van der Waals surface area contributed by atoms with Crippen molar-refractivity contribution >= 4 is 0 Å². The highest BCUT2D eigenvalue weighted by Gasteiger charge is 1.95. The minimum Gasteiger partial charge on any atom is -0.379 e. The highest BCUT2D eigenvalue weighted by Crippen LogP contribution is 1.98. The Morgan fingerprint density at radius 1 is 1.29 bits per heavy atom. The predicted molar refractivity (Wildman–Crippen MR) is 71.0 cm³/mol. The molecule has 0 aliphatic rings. The van der Waals surface area contributed by atoms with Crippen molar-refractivity contribution < 1.29 is 4.74 Å². The van der Waals surface area contributed by atoms with Crippen LogP contribution in [0.4, 0.5) is 0 Å². The van der Waals surface area contributed by atoms with Gasteiger partial charge in [0.05, 0.1) is 11.8 Å². The molecule has 0 aliphatic carbocycles. The molecule has 1 aromatic heterocycles. The van der Waals surface area contributed by atoms with Gasteiger partial charge in [0.25, 0.3) is 0 Å². The number of nitrogens with zero attached hydrogens (tertiary/aromatic N) is 1. The second-order valence-corrected chi connectivity index (χ2v) is 4.57. The van der Waals surface area contributed by atoms with E-state index in [2.05, 4.69) is 36.3 Å². The van der Waals surface area contributed by atoms with Crippen molar-refractivity contribution in [3.05, 3.63) is 29.6 Å². The number of nitrogens with one attached hydrogen (secondary N) is 1. The maximum Gasteiger partial charge on any atom is 0.0544 e. The highest BCUT2D eigenvalue weighted by molar-refractivity contribution is 5.09. The Kier molecular flexibility index (Phi) is 6.82. The maximum absolute atomic E-state index is 5.48. The summed E-state index contributed by atoms with van der Waals surface area (Å²) >= 11 is 0. The van der Waals surface area contributed by atoms with Crippen LogP contribution in [0.1, 0.15) is 38.1 Å². The standard InChI is InChI=1S/C14H24N2O/c1-12(2)17-10-5-4-9-15-11-14-8-6-7-13(3)16-14/h6-8,12,15H,4-5,9-11H2,1-3H3. The molecule has 1 rings (SSSR count). The van der Waals surface area contributed by atoms with Gasteiger partial charge in [0, 0.05) is 18.8 Å². The van der Waals surface area contributed by atoms with E-state index in [0.717, 1.165) is 43.9 Å². The van der Waals surface area contributed by atoms with Gasteiger partial charge < -0.3 is 10.1 Å². The van der Waals surface area contributed by atoms with E-state index in [9.17, 15) is 0 Å². The number of pyridine rings is 1. The number of rotatable bonds is 8. The van der Waals surface area contributed by atoms with Gasteiger partial charge in [-0.15, -0.1) is 0 Å². The number of aryl methyl sites for hydroxylation is 1. The monoisotopic (exact) mass is 236 g/mol. The van der Waals surface area contributed by atoms with Crippen LogP contribution in [0, 0.1) is 6.92 Å². The first-order chi connectivity index (χ1) is 8.18. The number of aromatic nitrogens is 1. The molecule has 96 valence electrons. The van der Waals surface area contributed by atoms with E-state index in [0.29, 0.717) is 6.10 Å². The molecule has 3 nitrogen and oxygen atoms in total. The van der Waals surface area contributed by atoms with Gasteiger partial charge in [0.1, 0.15) is 0 Å². The van der Waals surface area contributed by atoms with Gasteiger partial charge >= 0.3 is 0 Å². The Balaban J connectivity index is 2.01. The molecule has 1 N–H and O–H groups in total. The first-order valence-corrected chi connectivity index (χ1v) is 6.43. The molecule has 0 saturated carbocycles. The van der Waals surface area contributed by atoms with Crippen molar-refractivity contribution in [1.29, 1.82) is 0 Å². The van der Waals surface area contributed by atoms with E-state index in [1.807, 2.05) is 13.0 Å². The molecule has 1 aromatic rings. The summed E-state index contributed by atoms with van der Waals surface area (Å²) < 4.78 is 5.48. The van der Waals surface area contributed by atoms with Gasteiger partial charge in [-0.1, -0.05) is 6.07 Å². The van der Waals surface area contributed by atoms with Crippen LogP contribution in [0.15, 0.2) is 18.2 Å². The lowest BCUT2D eigenvalue weighted by Crippen LogP contribution is -2.16. The Hall–Kier alpha value is -0.930. The fourth-order valence-electron chi connectivity index (χ4n) is 1.59. The third kappa shape index (κ3) is 7.08. The molecular formula is C14H24N2O. The van der Waals surface area contributed by atoms with Crippen LogP contribution in [-0.4, -0.2) is 24.2 Å². The second kappa shape index (κ2) is 8.20. The summed E-state index contributed by atoms with van der Waals surface area (Å²) in [4.78, 5) is 4.44. The Bertz CT molecular complexity index is 313. The summed E-state index contributed by atoms with van der Waals surface area (Å²) in [5.74, 6) is 0. The molecule has 17 heavy (non-hydrogen) atoms. The number of unbranched alkanes of at least 4 members (excludes halogenated alkanes) is 1. The third-order valence-electron chi connectivity index (χ3n) is 2.45. The average Bonchev–Trinajstić information content (AvgIpc) is 2.27. The molecule has 0 spiro atoms. The van der Waals surface area contributed by atoms with E-state index in [4.69, 9.17) is 4.74 Å². The molecule has 0 bridgehead atoms. The largest absolute Gasteiger partial charge is 0.379 e. The normalized spacial score (nSPS) is 11.1. The quantitative estimate of drug-likeness (QED) is 0.705. The Morgan fingerprint density at radius 2 is 2.12 bits per heavy atom. The maximum atomic E-state index is 5.48. The average molecular weight is 236 g/mol. The van der Waals surface area contributed by atoms with Crippen molar-refractivity contribution in [3.8, 4) is 0 Å². The molecule has 3 heteroatoms. The van der Waals surface area contributed by atoms with Gasteiger partial charge in [0.2, 0.25) is 0 Å². The molecule has 0 radical (unpaired) electrons. The molecule has 0 amide bonds. The Labute approximate surface area is 105 Å². The summed E-state index contributed by atoms with van der Waals surface area (Å²) in [5.41, 5.74) is 2.19. The number of hydrogen-bond donors (Lipinski definition) is 1. The van der Waals surface area contributed by atoms with Crippen molar-refractivity contribution in [1.82, 2.24) is 10.3 Å². The van der Waals surface area contributed by atoms with E-state index in [1.165, 1.54) is 0 Å². The fraction of sp³-hybridized carbons (Fsp3) is 0.643. The lowest BCUT2D eigenvalue weighted by molar-refractivity contribution is 0.0760. The van der Waals surface area contributed by atoms with E-state index in [1.54, 1.807) is 0 Å². The molecule has 0 aromatic carbocycles. The van der Waals surface area contributed by atoms with Crippen LogP contribution < -0.4 is 5.32 Å².